The molecule has 1 aliphatic heterocycles. The number of nitrogens with zero attached hydrogens (tertiary/aromatic N) is 3. The summed E-state index contributed by atoms with van der Waals surface area (Å²) in [5.41, 5.74) is 1.34. The highest BCUT2D eigenvalue weighted by molar-refractivity contribution is 6.32. The van der Waals surface area contributed by atoms with E-state index < -0.39 is 12.6 Å². The highest BCUT2D eigenvalue weighted by atomic mass is 35.5. The van der Waals surface area contributed by atoms with Crippen molar-refractivity contribution in [1.29, 1.82) is 5.26 Å². The molecule has 138 valence electrons. The molecule has 0 bridgehead atoms. The minimum atomic E-state index is -4.11. The average Bonchev–Trinajstić information content (AvgIpc) is 2.98. The van der Waals surface area contributed by atoms with Crippen molar-refractivity contribution >= 4 is 17.3 Å². The number of anilines is 1. The summed E-state index contributed by atoms with van der Waals surface area (Å²) >= 11 is 6.16. The first kappa shape index (κ1) is 19.9. The van der Waals surface area contributed by atoms with Gasteiger partial charge in [0, 0.05) is 37.9 Å². The van der Waals surface area contributed by atoms with E-state index in [9.17, 15) is 13.2 Å². The fourth-order valence-corrected chi connectivity index (χ4v) is 3.40. The largest absolute Gasteiger partial charge is 0.390 e. The molecule has 1 aromatic carbocycles. The molecule has 1 unspecified atom stereocenters. The van der Waals surface area contributed by atoms with Gasteiger partial charge in [-0.2, -0.15) is 18.4 Å². The van der Waals surface area contributed by atoms with Crippen molar-refractivity contribution in [2.75, 3.05) is 31.1 Å². The van der Waals surface area contributed by atoms with Crippen LogP contribution in [0.4, 0.5) is 18.9 Å². The number of benzene rings is 1. The number of rotatable bonds is 6. The number of likely N-dealkylation sites (tertiary alicyclic amines) is 1. The Bertz CT molecular complexity index is 625. The molecule has 0 N–H and O–H groups in total. The smallest absolute Gasteiger partial charge is 0.367 e. The first-order valence-electron chi connectivity index (χ1n) is 8.45. The van der Waals surface area contributed by atoms with Crippen molar-refractivity contribution in [2.24, 2.45) is 5.92 Å². The lowest BCUT2D eigenvalue weighted by atomic mass is 10.1. The molecule has 0 aromatic heterocycles. The number of halogens is 4. The third-order valence-corrected chi connectivity index (χ3v) is 4.68. The molecule has 1 atom stereocenters. The van der Waals surface area contributed by atoms with Gasteiger partial charge in [0.05, 0.1) is 17.0 Å². The lowest BCUT2D eigenvalue weighted by molar-refractivity contribution is -0.137. The van der Waals surface area contributed by atoms with Crippen LogP contribution in [0.5, 0.6) is 0 Å². The SMILES string of the molecule is CC(C)CN(c1ccc(C#N)c(Cl)c1)C1CCN(CCC(F)(F)F)C1. The maximum atomic E-state index is 12.4. The quantitative estimate of drug-likeness (QED) is 0.724. The minimum Gasteiger partial charge on any atom is -0.367 e. The fourth-order valence-electron chi connectivity index (χ4n) is 3.19. The molecule has 1 fully saturated rings. The second-order valence-electron chi connectivity index (χ2n) is 6.93. The van der Waals surface area contributed by atoms with E-state index in [1.54, 1.807) is 12.1 Å². The van der Waals surface area contributed by atoms with Crippen molar-refractivity contribution in [1.82, 2.24) is 4.90 Å². The van der Waals surface area contributed by atoms with Gasteiger partial charge in [0.1, 0.15) is 6.07 Å². The summed E-state index contributed by atoms with van der Waals surface area (Å²) in [7, 11) is 0. The van der Waals surface area contributed by atoms with Crippen molar-refractivity contribution in [3.05, 3.63) is 28.8 Å². The van der Waals surface area contributed by atoms with E-state index in [1.165, 1.54) is 0 Å². The zero-order valence-corrected chi connectivity index (χ0v) is 15.2. The topological polar surface area (TPSA) is 30.3 Å². The van der Waals surface area contributed by atoms with Crippen LogP contribution in [0.15, 0.2) is 18.2 Å². The molecule has 1 aliphatic rings. The van der Waals surface area contributed by atoms with Crippen LogP contribution in [0.2, 0.25) is 5.02 Å². The summed E-state index contributed by atoms with van der Waals surface area (Å²) in [6.45, 7) is 6.33. The van der Waals surface area contributed by atoms with Crippen molar-refractivity contribution in [2.45, 2.75) is 38.9 Å². The number of nitriles is 1. The van der Waals surface area contributed by atoms with E-state index >= 15 is 0 Å². The van der Waals surface area contributed by atoms with Crippen LogP contribution in [0.1, 0.15) is 32.3 Å². The van der Waals surface area contributed by atoms with Gasteiger partial charge in [-0.15, -0.1) is 0 Å². The molecule has 1 heterocycles. The van der Waals surface area contributed by atoms with E-state index in [4.69, 9.17) is 16.9 Å². The van der Waals surface area contributed by atoms with Crippen molar-refractivity contribution in [3.8, 4) is 6.07 Å². The highest BCUT2D eigenvalue weighted by Gasteiger charge is 2.32. The fraction of sp³-hybridized carbons (Fsp3) is 0.611. The summed E-state index contributed by atoms with van der Waals surface area (Å²) < 4.78 is 37.3. The number of hydrogen-bond donors (Lipinski definition) is 0. The Hall–Kier alpha value is -1.45. The molecule has 1 saturated heterocycles. The molecule has 7 heteroatoms. The van der Waals surface area contributed by atoms with Gasteiger partial charge in [-0.25, -0.2) is 0 Å². The number of alkyl halides is 3. The first-order valence-corrected chi connectivity index (χ1v) is 8.83. The lowest BCUT2D eigenvalue weighted by Gasteiger charge is -2.33. The van der Waals surface area contributed by atoms with Crippen molar-refractivity contribution < 1.29 is 13.2 Å². The summed E-state index contributed by atoms with van der Waals surface area (Å²) in [5.74, 6) is 0.402. The van der Waals surface area contributed by atoms with E-state index in [0.717, 1.165) is 18.7 Å². The third kappa shape index (κ3) is 5.79. The molecule has 0 spiro atoms. The molecular weight excluding hydrogens is 351 g/mol. The second kappa shape index (κ2) is 8.29. The molecule has 0 amide bonds. The summed E-state index contributed by atoms with van der Waals surface area (Å²) in [6, 6.07) is 7.54. The van der Waals surface area contributed by atoms with Gasteiger partial charge < -0.3 is 9.80 Å². The number of hydrogen-bond acceptors (Lipinski definition) is 3. The Morgan fingerprint density at radius 2 is 2.12 bits per heavy atom. The molecule has 1 aromatic rings. The zero-order valence-electron chi connectivity index (χ0n) is 14.5. The van der Waals surface area contributed by atoms with Crippen LogP contribution in [0.25, 0.3) is 0 Å². The Morgan fingerprint density at radius 1 is 1.40 bits per heavy atom. The lowest BCUT2D eigenvalue weighted by Crippen LogP contribution is -2.40. The minimum absolute atomic E-state index is 0.0453. The Kier molecular flexibility index (Phi) is 6.59. The monoisotopic (exact) mass is 373 g/mol. The average molecular weight is 374 g/mol. The normalized spacial score (nSPS) is 18.6. The second-order valence-corrected chi connectivity index (χ2v) is 7.34. The summed E-state index contributed by atoms with van der Waals surface area (Å²) in [6.07, 6.45) is -4.06. The van der Waals surface area contributed by atoms with Gasteiger partial charge in [-0.05, 0) is 30.5 Å². The van der Waals surface area contributed by atoms with Crippen LogP contribution in [0.3, 0.4) is 0 Å². The van der Waals surface area contributed by atoms with E-state index in [1.807, 2.05) is 17.0 Å². The van der Waals surface area contributed by atoms with Gasteiger partial charge in [-0.3, -0.25) is 0 Å². The maximum Gasteiger partial charge on any atom is 0.390 e. The zero-order chi connectivity index (χ0) is 18.6. The van der Waals surface area contributed by atoms with Gasteiger partial charge in [0.25, 0.3) is 0 Å². The molecule has 0 radical (unpaired) electrons. The summed E-state index contributed by atoms with van der Waals surface area (Å²) in [4.78, 5) is 4.09. The first-order chi connectivity index (χ1) is 11.7. The predicted octanol–water partition coefficient (Wildman–Crippen LogP) is 4.70. The molecular formula is C18H23ClF3N3. The highest BCUT2D eigenvalue weighted by Crippen LogP contribution is 2.29. The Morgan fingerprint density at radius 3 is 2.68 bits per heavy atom. The summed E-state index contributed by atoms with van der Waals surface area (Å²) in [5, 5.41) is 9.42. The molecule has 2 rings (SSSR count). The standard InChI is InChI=1S/C18H23ClF3N3/c1-13(2)11-25(15-4-3-14(10-23)17(19)9-15)16-5-7-24(12-16)8-6-18(20,21)22/h3-4,9,13,16H,5-8,11-12H2,1-2H3. The van der Waals surface area contributed by atoms with Gasteiger partial charge in [-0.1, -0.05) is 25.4 Å². The molecule has 0 aliphatic carbocycles. The molecule has 0 saturated carbocycles. The Balaban J connectivity index is 2.11. The van der Waals surface area contributed by atoms with Gasteiger partial charge >= 0.3 is 6.18 Å². The van der Waals surface area contributed by atoms with Crippen LogP contribution >= 0.6 is 11.6 Å². The van der Waals surface area contributed by atoms with Crippen LogP contribution < -0.4 is 4.90 Å². The third-order valence-electron chi connectivity index (χ3n) is 4.37. The van der Waals surface area contributed by atoms with Crippen molar-refractivity contribution in [3.63, 3.8) is 0 Å². The predicted molar refractivity (Wildman–Crippen MR) is 93.9 cm³/mol. The molecule has 3 nitrogen and oxygen atoms in total. The van der Waals surface area contributed by atoms with Crippen LogP contribution in [-0.2, 0) is 0 Å². The van der Waals surface area contributed by atoms with E-state index in [2.05, 4.69) is 18.7 Å². The van der Waals surface area contributed by atoms with Crippen LogP contribution in [-0.4, -0.2) is 43.3 Å². The van der Waals surface area contributed by atoms with E-state index in [0.29, 0.717) is 29.6 Å². The maximum absolute atomic E-state index is 12.4. The van der Waals surface area contributed by atoms with Gasteiger partial charge in [0.2, 0.25) is 0 Å². The Labute approximate surface area is 152 Å². The molecule has 25 heavy (non-hydrogen) atoms. The van der Waals surface area contributed by atoms with E-state index in [-0.39, 0.29) is 12.6 Å². The van der Waals surface area contributed by atoms with Crippen LogP contribution in [0, 0.1) is 17.2 Å². The van der Waals surface area contributed by atoms with Gasteiger partial charge in [0.15, 0.2) is 0 Å².